The first kappa shape index (κ1) is 23.7. The zero-order chi connectivity index (χ0) is 22.9. The molecule has 0 aliphatic carbocycles. The molecule has 1 spiro atoms. The molecule has 32 heavy (non-hydrogen) atoms. The van der Waals surface area contributed by atoms with Crippen molar-refractivity contribution in [2.24, 2.45) is 0 Å². The van der Waals surface area contributed by atoms with Gasteiger partial charge in [-0.25, -0.2) is 4.98 Å². The molecule has 1 amide bonds. The summed E-state index contributed by atoms with van der Waals surface area (Å²) >= 11 is 3.04. The maximum Gasteiger partial charge on any atom is 0.373 e. The van der Waals surface area contributed by atoms with Crippen LogP contribution in [-0.4, -0.2) is 70.3 Å². The first-order valence-electron chi connectivity index (χ1n) is 10.9. The van der Waals surface area contributed by atoms with Crippen LogP contribution in [0.2, 0.25) is 0 Å². The fraction of sp³-hybridized carbons (Fsp3) is 0.636. The monoisotopic (exact) mass is 485 g/mol. The standard InChI is InChI=1S/C22H29F2N3O3S2/c1-15(2)19-25-18(12-32-19)20(29)27-13-21(30-22(23,24)14-27)4-6-26(7-5-21)10-17-9-16(3-8-28)11-31-17/h9,11-12,15,28H,3-8,10,13-14H2,1-2H3. The Morgan fingerprint density at radius 2 is 2.00 bits per heavy atom. The van der Waals surface area contributed by atoms with E-state index in [1.165, 1.54) is 21.1 Å². The van der Waals surface area contributed by atoms with Crippen LogP contribution in [0.4, 0.5) is 8.78 Å². The third kappa shape index (κ3) is 5.36. The first-order chi connectivity index (χ1) is 15.2. The van der Waals surface area contributed by atoms with Crippen LogP contribution in [0.25, 0.3) is 0 Å². The summed E-state index contributed by atoms with van der Waals surface area (Å²) in [5, 5.41) is 13.6. The zero-order valence-electron chi connectivity index (χ0n) is 18.4. The van der Waals surface area contributed by atoms with Crippen LogP contribution in [0.5, 0.6) is 0 Å². The van der Waals surface area contributed by atoms with Gasteiger partial charge < -0.3 is 14.7 Å². The van der Waals surface area contributed by atoms with Gasteiger partial charge >= 0.3 is 6.11 Å². The second kappa shape index (κ2) is 9.42. The normalized spacial score (nSPS) is 20.9. The van der Waals surface area contributed by atoms with Gasteiger partial charge in [0.2, 0.25) is 0 Å². The molecular weight excluding hydrogens is 456 g/mol. The summed E-state index contributed by atoms with van der Waals surface area (Å²) in [7, 11) is 0. The number of halogens is 2. The highest BCUT2D eigenvalue weighted by Crippen LogP contribution is 2.39. The number of rotatable bonds is 6. The number of carbonyl (C=O) groups is 1. The molecule has 0 unspecified atom stereocenters. The number of morpholine rings is 1. The lowest BCUT2D eigenvalue weighted by atomic mass is 9.89. The number of likely N-dealkylation sites (tertiary alicyclic amines) is 1. The minimum absolute atomic E-state index is 0.128. The second-order valence-corrected chi connectivity index (χ2v) is 10.9. The molecule has 2 saturated heterocycles. The molecule has 2 aliphatic heterocycles. The van der Waals surface area contributed by atoms with E-state index in [-0.39, 0.29) is 24.8 Å². The molecule has 2 fully saturated rings. The van der Waals surface area contributed by atoms with Gasteiger partial charge in [0.15, 0.2) is 0 Å². The molecule has 2 aliphatic rings. The van der Waals surface area contributed by atoms with E-state index in [2.05, 4.69) is 21.3 Å². The summed E-state index contributed by atoms with van der Waals surface area (Å²) in [6, 6.07) is 2.09. The van der Waals surface area contributed by atoms with Crippen LogP contribution in [0.15, 0.2) is 16.8 Å². The number of nitrogens with zero attached hydrogens (tertiary/aromatic N) is 3. The number of thiazole rings is 1. The Balaban J connectivity index is 1.40. The summed E-state index contributed by atoms with van der Waals surface area (Å²) < 4.78 is 34.4. The molecule has 1 N–H and O–H groups in total. The van der Waals surface area contributed by atoms with Crippen molar-refractivity contribution < 1.29 is 23.4 Å². The molecule has 4 heterocycles. The van der Waals surface area contributed by atoms with Gasteiger partial charge in [-0.2, -0.15) is 8.78 Å². The van der Waals surface area contributed by atoms with Crippen molar-refractivity contribution in [3.63, 3.8) is 0 Å². The van der Waals surface area contributed by atoms with Gasteiger partial charge in [-0.1, -0.05) is 13.8 Å². The third-order valence-electron chi connectivity index (χ3n) is 6.00. The lowest BCUT2D eigenvalue weighted by Gasteiger charge is -2.49. The number of hydrogen-bond donors (Lipinski definition) is 1. The van der Waals surface area contributed by atoms with Crippen LogP contribution in [0.1, 0.15) is 58.5 Å². The van der Waals surface area contributed by atoms with E-state index in [4.69, 9.17) is 9.84 Å². The quantitative estimate of drug-likeness (QED) is 0.671. The Labute approximate surface area is 194 Å². The predicted molar refractivity (Wildman–Crippen MR) is 120 cm³/mol. The number of carbonyl (C=O) groups excluding carboxylic acids is 1. The minimum atomic E-state index is -3.38. The predicted octanol–water partition coefficient (Wildman–Crippen LogP) is 3.96. The number of thiophene rings is 1. The molecule has 4 rings (SSSR count). The minimum Gasteiger partial charge on any atom is -0.396 e. The number of piperidine rings is 1. The molecule has 176 valence electrons. The van der Waals surface area contributed by atoms with Gasteiger partial charge in [0, 0.05) is 42.4 Å². The average molecular weight is 486 g/mol. The van der Waals surface area contributed by atoms with E-state index in [0.717, 1.165) is 17.1 Å². The first-order valence-corrected chi connectivity index (χ1v) is 12.7. The molecule has 2 aromatic heterocycles. The van der Waals surface area contributed by atoms with Gasteiger partial charge in [-0.15, -0.1) is 22.7 Å². The number of aromatic nitrogens is 1. The van der Waals surface area contributed by atoms with Gasteiger partial charge in [0.05, 0.1) is 17.2 Å². The maximum absolute atomic E-state index is 14.5. The largest absolute Gasteiger partial charge is 0.396 e. The Morgan fingerprint density at radius 1 is 1.25 bits per heavy atom. The van der Waals surface area contributed by atoms with Gasteiger partial charge in [0.25, 0.3) is 5.91 Å². The van der Waals surface area contributed by atoms with Gasteiger partial charge in [-0.05, 0) is 36.3 Å². The fourth-order valence-corrected chi connectivity index (χ4v) is 6.11. The Kier molecular flexibility index (Phi) is 6.97. The number of ether oxygens (including phenoxy) is 1. The number of hydrogen-bond acceptors (Lipinski definition) is 7. The van der Waals surface area contributed by atoms with Gasteiger partial charge in [0.1, 0.15) is 12.2 Å². The van der Waals surface area contributed by atoms with Crippen molar-refractivity contribution in [2.45, 2.75) is 57.3 Å². The smallest absolute Gasteiger partial charge is 0.373 e. The van der Waals surface area contributed by atoms with E-state index in [0.29, 0.717) is 32.4 Å². The van der Waals surface area contributed by atoms with E-state index in [9.17, 15) is 13.6 Å². The van der Waals surface area contributed by atoms with E-state index < -0.39 is 24.2 Å². The van der Waals surface area contributed by atoms with Gasteiger partial charge in [-0.3, -0.25) is 9.69 Å². The van der Waals surface area contributed by atoms with Crippen molar-refractivity contribution in [2.75, 3.05) is 32.8 Å². The van der Waals surface area contributed by atoms with Crippen LogP contribution >= 0.6 is 22.7 Å². The molecule has 10 heteroatoms. The van der Waals surface area contributed by atoms with Crippen LogP contribution in [-0.2, 0) is 17.7 Å². The van der Waals surface area contributed by atoms with Crippen molar-refractivity contribution in [1.29, 1.82) is 0 Å². The maximum atomic E-state index is 14.5. The van der Waals surface area contributed by atoms with Crippen LogP contribution < -0.4 is 0 Å². The summed E-state index contributed by atoms with van der Waals surface area (Å²) in [5.74, 6) is -0.264. The lowest BCUT2D eigenvalue weighted by Crippen LogP contribution is -2.62. The Hall–Kier alpha value is -1.46. The van der Waals surface area contributed by atoms with Crippen molar-refractivity contribution in [3.8, 4) is 0 Å². The molecular formula is C22H29F2N3O3S2. The summed E-state index contributed by atoms with van der Waals surface area (Å²) in [6.07, 6.45) is -1.85. The average Bonchev–Trinajstić information content (AvgIpc) is 3.38. The zero-order valence-corrected chi connectivity index (χ0v) is 20.0. The summed E-state index contributed by atoms with van der Waals surface area (Å²) in [5.41, 5.74) is 0.316. The fourth-order valence-electron chi connectivity index (χ4n) is 4.33. The summed E-state index contributed by atoms with van der Waals surface area (Å²) in [4.78, 5) is 22.0. The van der Waals surface area contributed by atoms with E-state index >= 15 is 0 Å². The molecule has 0 bridgehead atoms. The number of alkyl halides is 2. The van der Waals surface area contributed by atoms with Crippen molar-refractivity contribution in [3.05, 3.63) is 38.0 Å². The van der Waals surface area contributed by atoms with Crippen molar-refractivity contribution >= 4 is 28.6 Å². The third-order valence-corrected chi connectivity index (χ3v) is 8.11. The van der Waals surface area contributed by atoms with Crippen molar-refractivity contribution in [1.82, 2.24) is 14.8 Å². The Bertz CT molecular complexity index is 939. The topological polar surface area (TPSA) is 65.9 Å². The van der Waals surface area contributed by atoms with Crippen LogP contribution in [0, 0.1) is 0 Å². The molecule has 2 aromatic rings. The van der Waals surface area contributed by atoms with E-state index in [1.807, 2.05) is 13.8 Å². The highest BCUT2D eigenvalue weighted by Gasteiger charge is 2.52. The molecule has 0 saturated carbocycles. The second-order valence-electron chi connectivity index (χ2n) is 8.98. The summed E-state index contributed by atoms with van der Waals surface area (Å²) in [6.45, 7) is 5.52. The number of aliphatic hydroxyl groups excluding tert-OH is 1. The lowest BCUT2D eigenvalue weighted by molar-refractivity contribution is -0.332. The highest BCUT2D eigenvalue weighted by atomic mass is 32.1. The molecule has 6 nitrogen and oxygen atoms in total. The van der Waals surface area contributed by atoms with E-state index in [1.54, 1.807) is 16.7 Å². The molecule has 0 aromatic carbocycles. The van der Waals surface area contributed by atoms with Crippen LogP contribution in [0.3, 0.4) is 0 Å². The Morgan fingerprint density at radius 3 is 2.66 bits per heavy atom. The highest BCUT2D eigenvalue weighted by molar-refractivity contribution is 7.10. The molecule has 0 radical (unpaired) electrons. The molecule has 0 atom stereocenters. The SMILES string of the molecule is CC(C)c1nc(C(=O)N2CC(F)(F)OC3(CCN(Cc4cc(CCO)cs4)CC3)C2)cs1. The number of aliphatic hydroxyl groups is 1. The number of amides is 1.